The lowest BCUT2D eigenvalue weighted by Gasteiger charge is -2.48. The van der Waals surface area contributed by atoms with Crippen LogP contribution in [0, 0.1) is 13.8 Å². The minimum Gasteiger partial charge on any atom is -0.388 e. The smallest absolute Gasteiger partial charge is 0.159 e. The lowest BCUT2D eigenvalue weighted by Crippen LogP contribution is -2.59. The maximum absolute atomic E-state index is 11.6. The Labute approximate surface area is 211 Å². The van der Waals surface area contributed by atoms with Crippen LogP contribution in [0.15, 0.2) is 24.4 Å². The quantitative estimate of drug-likeness (QED) is 0.596. The number of likely N-dealkylation sites (tertiary alicyclic amines) is 1. The Hall–Kier alpha value is -2.59. The zero-order valence-electron chi connectivity index (χ0n) is 21.2. The molecule has 9 nitrogen and oxygen atoms in total. The number of piperidine rings is 1. The van der Waals surface area contributed by atoms with Crippen LogP contribution in [-0.4, -0.2) is 93.0 Å². The molecule has 9 heteroatoms. The van der Waals surface area contributed by atoms with Gasteiger partial charge < -0.3 is 19.5 Å². The van der Waals surface area contributed by atoms with E-state index in [1.165, 1.54) is 11.1 Å². The molecule has 4 aliphatic heterocycles. The van der Waals surface area contributed by atoms with Gasteiger partial charge in [0, 0.05) is 30.5 Å². The molecule has 4 aliphatic rings. The summed E-state index contributed by atoms with van der Waals surface area (Å²) in [5, 5.41) is 17.4. The van der Waals surface area contributed by atoms with Crippen LogP contribution in [-0.2, 0) is 9.47 Å². The lowest BCUT2D eigenvalue weighted by atomic mass is 9.76. The number of hydrogen-bond acceptors (Lipinski definition) is 8. The van der Waals surface area contributed by atoms with Crippen molar-refractivity contribution >= 4 is 16.7 Å². The number of aryl methyl sites for hydroxylation is 2. The largest absolute Gasteiger partial charge is 0.388 e. The first kappa shape index (κ1) is 22.6. The summed E-state index contributed by atoms with van der Waals surface area (Å²) >= 11 is 0. The van der Waals surface area contributed by atoms with Gasteiger partial charge in [0.15, 0.2) is 5.82 Å². The van der Waals surface area contributed by atoms with Gasteiger partial charge in [-0.2, -0.15) is 5.10 Å². The van der Waals surface area contributed by atoms with E-state index in [2.05, 4.69) is 34.9 Å². The monoisotopic (exact) mass is 490 g/mol. The molecule has 0 saturated carbocycles. The lowest BCUT2D eigenvalue weighted by molar-refractivity contribution is -0.113. The summed E-state index contributed by atoms with van der Waals surface area (Å²) in [4.78, 5) is 14.3. The number of benzene rings is 1. The second-order valence-corrected chi connectivity index (χ2v) is 11.3. The van der Waals surface area contributed by atoms with Gasteiger partial charge in [0.2, 0.25) is 0 Å². The van der Waals surface area contributed by atoms with Crippen LogP contribution in [0.1, 0.15) is 42.6 Å². The minimum absolute atomic E-state index is 0.0605. The SMILES string of the molecule is Cc1nc(N2C[C@H]3C[C@@H]2CO3)cc(-n2ncc3cc(C)c(C4CCN(C5COC5)CC4(C)O)cc32)n1. The molecule has 0 spiro atoms. The van der Waals surface area contributed by atoms with Crippen LogP contribution >= 0.6 is 0 Å². The maximum atomic E-state index is 11.6. The first-order valence-corrected chi connectivity index (χ1v) is 13.1. The fourth-order valence-electron chi connectivity index (χ4n) is 6.68. The van der Waals surface area contributed by atoms with Gasteiger partial charge in [-0.1, -0.05) is 0 Å². The third kappa shape index (κ3) is 3.63. The van der Waals surface area contributed by atoms with Gasteiger partial charge in [0.05, 0.1) is 55.3 Å². The van der Waals surface area contributed by atoms with Crippen molar-refractivity contribution in [3.63, 3.8) is 0 Å². The number of hydrogen-bond donors (Lipinski definition) is 1. The number of β-amino-alcohol motifs (C(OH)–C–C–N with tert-alkyl or cyclic N) is 1. The van der Waals surface area contributed by atoms with E-state index in [1.54, 1.807) is 0 Å². The summed E-state index contributed by atoms with van der Waals surface area (Å²) in [6.45, 7) is 10.9. The molecule has 0 amide bonds. The molecule has 0 aliphatic carbocycles. The predicted molar refractivity (Wildman–Crippen MR) is 136 cm³/mol. The van der Waals surface area contributed by atoms with E-state index < -0.39 is 5.60 Å². The summed E-state index contributed by atoms with van der Waals surface area (Å²) in [7, 11) is 0. The van der Waals surface area contributed by atoms with Crippen LogP contribution in [0.4, 0.5) is 5.82 Å². The summed E-state index contributed by atoms with van der Waals surface area (Å²) in [6, 6.07) is 7.30. The first-order chi connectivity index (χ1) is 17.4. The van der Waals surface area contributed by atoms with E-state index in [1.807, 2.05) is 24.7 Å². The third-order valence-electron chi connectivity index (χ3n) is 8.67. The zero-order chi connectivity index (χ0) is 24.6. The Morgan fingerprint density at radius 1 is 1.06 bits per heavy atom. The number of morpholine rings is 1. The maximum Gasteiger partial charge on any atom is 0.159 e. The highest BCUT2D eigenvalue weighted by Gasteiger charge is 2.43. The molecule has 2 bridgehead atoms. The fraction of sp³-hybridized carbons (Fsp3) is 0.593. The molecule has 190 valence electrons. The average molecular weight is 491 g/mol. The number of ether oxygens (including phenoxy) is 2. The van der Waals surface area contributed by atoms with Gasteiger partial charge in [-0.3, -0.25) is 4.90 Å². The third-order valence-corrected chi connectivity index (χ3v) is 8.67. The molecule has 1 N–H and O–H groups in total. The van der Waals surface area contributed by atoms with Gasteiger partial charge in [-0.25, -0.2) is 14.6 Å². The number of aromatic nitrogens is 4. The van der Waals surface area contributed by atoms with Gasteiger partial charge in [-0.15, -0.1) is 0 Å². The van der Waals surface area contributed by atoms with Crippen LogP contribution in [0.2, 0.25) is 0 Å². The Morgan fingerprint density at radius 3 is 2.58 bits per heavy atom. The first-order valence-electron chi connectivity index (χ1n) is 13.1. The van der Waals surface area contributed by atoms with Gasteiger partial charge in [0.1, 0.15) is 11.6 Å². The molecule has 2 aromatic heterocycles. The molecular formula is C27H34N6O3. The molecule has 2 unspecified atom stereocenters. The Morgan fingerprint density at radius 2 is 1.89 bits per heavy atom. The van der Waals surface area contributed by atoms with E-state index in [9.17, 15) is 5.11 Å². The number of anilines is 1. The highest BCUT2D eigenvalue weighted by atomic mass is 16.5. The van der Waals surface area contributed by atoms with E-state index in [-0.39, 0.29) is 5.92 Å². The highest BCUT2D eigenvalue weighted by Crippen LogP contribution is 2.40. The van der Waals surface area contributed by atoms with E-state index in [4.69, 9.17) is 24.5 Å². The number of rotatable bonds is 4. The second kappa shape index (κ2) is 8.21. The normalized spacial score (nSPS) is 30.9. The Balaban J connectivity index is 1.24. The number of fused-ring (bicyclic) bond motifs is 3. The molecule has 4 atom stereocenters. The van der Waals surface area contributed by atoms with Crippen LogP contribution < -0.4 is 4.90 Å². The fourth-order valence-corrected chi connectivity index (χ4v) is 6.68. The Bertz CT molecular complexity index is 1320. The van der Waals surface area contributed by atoms with Crippen molar-refractivity contribution in [1.82, 2.24) is 24.6 Å². The summed E-state index contributed by atoms with van der Waals surface area (Å²) in [6.07, 6.45) is 4.20. The average Bonchev–Trinajstić information content (AvgIpc) is 3.52. The molecule has 6 heterocycles. The van der Waals surface area contributed by atoms with Gasteiger partial charge >= 0.3 is 0 Å². The molecule has 4 saturated heterocycles. The molecule has 36 heavy (non-hydrogen) atoms. The van der Waals surface area contributed by atoms with E-state index in [0.717, 1.165) is 74.1 Å². The standard InChI is InChI=1S/C27H34N6O3/c1-16-6-18-10-28-33(26-9-25(29-17(2)30-26)32-11-21-7-19(32)14-36-21)24(18)8-22(16)23-4-5-31(15-27(23,3)34)20-12-35-13-20/h6,8-10,19-21,23,34H,4-5,7,11-15H2,1-3H3/t19-,21-,23?,27?/m1/s1. The summed E-state index contributed by atoms with van der Waals surface area (Å²) < 4.78 is 13.1. The minimum atomic E-state index is -0.813. The Kier molecular flexibility index (Phi) is 5.15. The van der Waals surface area contributed by atoms with Crippen molar-refractivity contribution in [3.8, 4) is 5.82 Å². The summed E-state index contributed by atoms with van der Waals surface area (Å²) in [5.74, 6) is 2.51. The van der Waals surface area contributed by atoms with Crippen LogP contribution in [0.3, 0.4) is 0 Å². The number of nitrogens with zero attached hydrogens (tertiary/aromatic N) is 6. The highest BCUT2D eigenvalue weighted by molar-refractivity contribution is 5.82. The van der Waals surface area contributed by atoms with Gasteiger partial charge in [-0.05, 0) is 63.4 Å². The van der Waals surface area contributed by atoms with Gasteiger partial charge in [0.25, 0.3) is 0 Å². The van der Waals surface area contributed by atoms with E-state index in [0.29, 0.717) is 24.7 Å². The summed E-state index contributed by atoms with van der Waals surface area (Å²) in [5.41, 5.74) is 2.59. The van der Waals surface area contributed by atoms with Crippen molar-refractivity contribution in [3.05, 3.63) is 41.3 Å². The van der Waals surface area contributed by atoms with Crippen molar-refractivity contribution < 1.29 is 14.6 Å². The topological polar surface area (TPSA) is 88.8 Å². The van der Waals surface area contributed by atoms with Crippen molar-refractivity contribution in [2.75, 3.05) is 44.4 Å². The molecule has 3 aromatic rings. The predicted octanol–water partition coefficient (Wildman–Crippen LogP) is 2.35. The molecule has 0 radical (unpaired) electrons. The second-order valence-electron chi connectivity index (χ2n) is 11.3. The van der Waals surface area contributed by atoms with Crippen molar-refractivity contribution in [2.24, 2.45) is 0 Å². The van der Waals surface area contributed by atoms with E-state index >= 15 is 0 Å². The van der Waals surface area contributed by atoms with Crippen LogP contribution in [0.5, 0.6) is 0 Å². The zero-order valence-corrected chi connectivity index (χ0v) is 21.2. The molecule has 4 fully saturated rings. The molecule has 7 rings (SSSR count). The molecular weight excluding hydrogens is 456 g/mol. The molecule has 1 aromatic carbocycles. The number of aliphatic hydroxyl groups is 1. The van der Waals surface area contributed by atoms with Crippen molar-refractivity contribution in [2.45, 2.75) is 63.3 Å². The van der Waals surface area contributed by atoms with Crippen LogP contribution in [0.25, 0.3) is 16.7 Å². The van der Waals surface area contributed by atoms with Crippen molar-refractivity contribution in [1.29, 1.82) is 0 Å².